The standard InChI is InChI=1S/C15H28N4O.2ClH/c1-3-14(2)19-15(5-7-17-19)13-16-6-4-8-18-9-11-20-12-10-18;;/h5,7,14,16H,3-4,6,8-13H2,1-2H3;2*1H. The molecule has 22 heavy (non-hydrogen) atoms. The van der Waals surface area contributed by atoms with Gasteiger partial charge >= 0.3 is 0 Å². The summed E-state index contributed by atoms with van der Waals surface area (Å²) in [6.07, 6.45) is 4.21. The van der Waals surface area contributed by atoms with Gasteiger partial charge in [-0.25, -0.2) is 0 Å². The molecule has 0 aliphatic carbocycles. The highest BCUT2D eigenvalue weighted by Gasteiger charge is 2.10. The summed E-state index contributed by atoms with van der Waals surface area (Å²) in [4.78, 5) is 2.48. The summed E-state index contributed by atoms with van der Waals surface area (Å²) in [6.45, 7) is 11.5. The molecule has 1 saturated heterocycles. The Labute approximate surface area is 146 Å². The summed E-state index contributed by atoms with van der Waals surface area (Å²) in [5.74, 6) is 0. The van der Waals surface area contributed by atoms with Gasteiger partial charge in [0, 0.05) is 31.9 Å². The topological polar surface area (TPSA) is 42.3 Å². The lowest BCUT2D eigenvalue weighted by molar-refractivity contribution is 0.0374. The summed E-state index contributed by atoms with van der Waals surface area (Å²) >= 11 is 0. The Hall–Kier alpha value is -0.330. The lowest BCUT2D eigenvalue weighted by Gasteiger charge is -2.26. The second-order valence-corrected chi connectivity index (χ2v) is 5.51. The highest BCUT2D eigenvalue weighted by molar-refractivity contribution is 5.85. The summed E-state index contributed by atoms with van der Waals surface area (Å²) in [5, 5.41) is 7.94. The van der Waals surface area contributed by atoms with Crippen molar-refractivity contribution >= 4 is 24.8 Å². The van der Waals surface area contributed by atoms with Crippen LogP contribution in [-0.4, -0.2) is 54.1 Å². The van der Waals surface area contributed by atoms with Gasteiger partial charge in [-0.1, -0.05) is 6.92 Å². The molecule has 1 aliphatic heterocycles. The second kappa shape index (κ2) is 12.1. The number of halogens is 2. The molecule has 2 heterocycles. The van der Waals surface area contributed by atoms with Gasteiger partial charge in [0.15, 0.2) is 0 Å². The van der Waals surface area contributed by atoms with E-state index in [2.05, 4.69) is 39.9 Å². The van der Waals surface area contributed by atoms with Gasteiger partial charge in [-0.3, -0.25) is 9.58 Å². The van der Waals surface area contributed by atoms with Crippen LogP contribution in [0.1, 0.15) is 38.4 Å². The van der Waals surface area contributed by atoms with E-state index in [4.69, 9.17) is 4.74 Å². The molecule has 7 heteroatoms. The normalized spacial score (nSPS) is 16.6. The van der Waals surface area contributed by atoms with Gasteiger partial charge in [-0.05, 0) is 38.9 Å². The molecule has 1 N–H and O–H groups in total. The van der Waals surface area contributed by atoms with Gasteiger partial charge in [-0.15, -0.1) is 24.8 Å². The lowest BCUT2D eigenvalue weighted by atomic mass is 10.2. The number of hydrogen-bond donors (Lipinski definition) is 1. The number of rotatable bonds is 8. The molecule has 0 aromatic carbocycles. The first-order valence-electron chi connectivity index (χ1n) is 7.84. The second-order valence-electron chi connectivity index (χ2n) is 5.51. The fourth-order valence-corrected chi connectivity index (χ4v) is 2.52. The summed E-state index contributed by atoms with van der Waals surface area (Å²) in [5.41, 5.74) is 1.28. The van der Waals surface area contributed by atoms with E-state index in [1.807, 2.05) is 6.20 Å². The molecule has 1 unspecified atom stereocenters. The van der Waals surface area contributed by atoms with Crippen LogP contribution < -0.4 is 5.32 Å². The minimum absolute atomic E-state index is 0. The molecule has 1 fully saturated rings. The predicted molar refractivity (Wildman–Crippen MR) is 95.3 cm³/mol. The molecule has 0 saturated carbocycles. The van der Waals surface area contributed by atoms with Gasteiger partial charge in [0.05, 0.1) is 18.9 Å². The van der Waals surface area contributed by atoms with Crippen LogP contribution in [0.15, 0.2) is 12.3 Å². The maximum absolute atomic E-state index is 5.36. The first-order chi connectivity index (χ1) is 9.81. The van der Waals surface area contributed by atoms with Crippen LogP contribution in [0.25, 0.3) is 0 Å². The fraction of sp³-hybridized carbons (Fsp3) is 0.800. The molecule has 1 atom stereocenters. The van der Waals surface area contributed by atoms with Crippen LogP contribution >= 0.6 is 24.8 Å². The number of ether oxygens (including phenoxy) is 1. The molecule has 1 aliphatic rings. The molecule has 130 valence electrons. The third-order valence-electron chi connectivity index (χ3n) is 4.00. The first-order valence-corrected chi connectivity index (χ1v) is 7.84. The van der Waals surface area contributed by atoms with Crippen molar-refractivity contribution in [3.63, 3.8) is 0 Å². The number of nitrogens with zero attached hydrogens (tertiary/aromatic N) is 3. The average molecular weight is 353 g/mol. The maximum atomic E-state index is 5.36. The highest BCUT2D eigenvalue weighted by Crippen LogP contribution is 2.11. The molecule has 2 rings (SSSR count). The zero-order valence-electron chi connectivity index (χ0n) is 13.7. The Balaban J connectivity index is 0.00000220. The fourth-order valence-electron chi connectivity index (χ4n) is 2.52. The smallest absolute Gasteiger partial charge is 0.0594 e. The molecular formula is C15H30Cl2N4O. The van der Waals surface area contributed by atoms with Gasteiger partial charge < -0.3 is 10.1 Å². The van der Waals surface area contributed by atoms with Crippen molar-refractivity contribution < 1.29 is 4.74 Å². The summed E-state index contributed by atoms with van der Waals surface area (Å²) < 4.78 is 7.49. The van der Waals surface area contributed by atoms with E-state index in [0.717, 1.165) is 45.8 Å². The molecule has 5 nitrogen and oxygen atoms in total. The van der Waals surface area contributed by atoms with E-state index in [9.17, 15) is 0 Å². The van der Waals surface area contributed by atoms with E-state index < -0.39 is 0 Å². The van der Waals surface area contributed by atoms with Crippen molar-refractivity contribution in [3.8, 4) is 0 Å². The minimum atomic E-state index is 0. The Morgan fingerprint density at radius 3 is 2.73 bits per heavy atom. The molecule has 0 bridgehead atoms. The molecule has 0 radical (unpaired) electrons. The summed E-state index contributed by atoms with van der Waals surface area (Å²) in [6, 6.07) is 2.59. The zero-order chi connectivity index (χ0) is 14.2. The maximum Gasteiger partial charge on any atom is 0.0594 e. The Kier molecular flexibility index (Phi) is 12.0. The highest BCUT2D eigenvalue weighted by atomic mass is 35.5. The van der Waals surface area contributed by atoms with Crippen LogP contribution in [0.5, 0.6) is 0 Å². The van der Waals surface area contributed by atoms with Crippen molar-refractivity contribution in [2.45, 2.75) is 39.3 Å². The van der Waals surface area contributed by atoms with Crippen LogP contribution in [0, 0.1) is 0 Å². The largest absolute Gasteiger partial charge is 0.379 e. The number of aromatic nitrogens is 2. The van der Waals surface area contributed by atoms with E-state index >= 15 is 0 Å². The Morgan fingerprint density at radius 2 is 2.05 bits per heavy atom. The minimum Gasteiger partial charge on any atom is -0.379 e. The molecule has 0 spiro atoms. The van der Waals surface area contributed by atoms with Crippen LogP contribution in [0.4, 0.5) is 0 Å². The van der Waals surface area contributed by atoms with Gasteiger partial charge in [0.25, 0.3) is 0 Å². The van der Waals surface area contributed by atoms with Crippen LogP contribution in [0.2, 0.25) is 0 Å². The van der Waals surface area contributed by atoms with Gasteiger partial charge in [0.1, 0.15) is 0 Å². The Morgan fingerprint density at radius 1 is 1.32 bits per heavy atom. The molecule has 1 aromatic rings. The third kappa shape index (κ3) is 6.84. The molecule has 0 amide bonds. The lowest BCUT2D eigenvalue weighted by Crippen LogP contribution is -2.37. The van der Waals surface area contributed by atoms with E-state index in [1.165, 1.54) is 18.7 Å². The third-order valence-corrected chi connectivity index (χ3v) is 4.00. The molecular weight excluding hydrogens is 323 g/mol. The first kappa shape index (κ1) is 21.7. The Bertz CT molecular complexity index is 383. The number of morpholine rings is 1. The van der Waals surface area contributed by atoms with E-state index in [-0.39, 0.29) is 24.8 Å². The van der Waals surface area contributed by atoms with Gasteiger partial charge in [0.2, 0.25) is 0 Å². The van der Waals surface area contributed by atoms with Crippen molar-refractivity contribution in [3.05, 3.63) is 18.0 Å². The van der Waals surface area contributed by atoms with Crippen LogP contribution in [0.3, 0.4) is 0 Å². The molecule has 1 aromatic heterocycles. The zero-order valence-corrected chi connectivity index (χ0v) is 15.3. The van der Waals surface area contributed by atoms with Gasteiger partial charge in [-0.2, -0.15) is 5.10 Å². The van der Waals surface area contributed by atoms with E-state index in [1.54, 1.807) is 0 Å². The number of nitrogens with one attached hydrogen (secondary N) is 1. The van der Waals surface area contributed by atoms with E-state index in [0.29, 0.717) is 6.04 Å². The quantitative estimate of drug-likeness (QED) is 0.730. The van der Waals surface area contributed by atoms with Crippen LogP contribution in [-0.2, 0) is 11.3 Å². The van der Waals surface area contributed by atoms with Crippen molar-refractivity contribution in [2.75, 3.05) is 39.4 Å². The number of hydrogen-bond acceptors (Lipinski definition) is 4. The predicted octanol–water partition coefficient (Wildman–Crippen LogP) is 2.51. The van der Waals surface area contributed by atoms with Crippen molar-refractivity contribution in [1.29, 1.82) is 0 Å². The van der Waals surface area contributed by atoms with Crippen molar-refractivity contribution in [1.82, 2.24) is 20.0 Å². The SMILES string of the molecule is CCC(C)n1nccc1CNCCCN1CCOCC1.Cl.Cl. The summed E-state index contributed by atoms with van der Waals surface area (Å²) in [7, 11) is 0. The average Bonchev–Trinajstić information content (AvgIpc) is 2.95. The van der Waals surface area contributed by atoms with Crippen molar-refractivity contribution in [2.24, 2.45) is 0 Å². The monoisotopic (exact) mass is 352 g/mol.